The molecule has 2 unspecified atom stereocenters. The van der Waals surface area contributed by atoms with Gasteiger partial charge in [-0.3, -0.25) is 4.79 Å². The van der Waals surface area contributed by atoms with Gasteiger partial charge >= 0.3 is 0 Å². The van der Waals surface area contributed by atoms with Crippen LogP contribution in [0.2, 0.25) is 0 Å². The Kier molecular flexibility index (Phi) is 6.89. The van der Waals surface area contributed by atoms with Gasteiger partial charge in [-0.05, 0) is 57.7 Å². The fourth-order valence-electron chi connectivity index (χ4n) is 2.88. The van der Waals surface area contributed by atoms with Gasteiger partial charge in [-0.1, -0.05) is 31.2 Å². The SMILES string of the molecule is CCc1ccc(C(C)(C)C(=O)NC2CCCNC2C)cc1.Cl. The molecule has 1 aromatic carbocycles. The fraction of sp³-hybridized carbons (Fsp3) is 0.611. The van der Waals surface area contributed by atoms with E-state index in [1.807, 2.05) is 13.8 Å². The molecule has 3 nitrogen and oxygen atoms in total. The minimum Gasteiger partial charge on any atom is -0.351 e. The van der Waals surface area contributed by atoms with Crippen molar-refractivity contribution in [1.29, 1.82) is 0 Å². The first-order valence-electron chi connectivity index (χ1n) is 8.09. The third kappa shape index (κ3) is 4.23. The molecule has 1 aromatic rings. The number of carbonyl (C=O) groups excluding carboxylic acids is 1. The van der Waals surface area contributed by atoms with Crippen LogP contribution in [-0.2, 0) is 16.6 Å². The summed E-state index contributed by atoms with van der Waals surface area (Å²) in [5.74, 6) is 0.118. The van der Waals surface area contributed by atoms with Crippen LogP contribution >= 0.6 is 12.4 Å². The van der Waals surface area contributed by atoms with Crippen molar-refractivity contribution < 1.29 is 4.79 Å². The van der Waals surface area contributed by atoms with Crippen LogP contribution in [0.1, 0.15) is 51.7 Å². The van der Waals surface area contributed by atoms with Crippen LogP contribution in [-0.4, -0.2) is 24.5 Å². The van der Waals surface area contributed by atoms with Gasteiger partial charge in [0.05, 0.1) is 5.41 Å². The number of halogens is 1. The Morgan fingerprint density at radius 3 is 2.50 bits per heavy atom. The van der Waals surface area contributed by atoms with Crippen molar-refractivity contribution in [3.05, 3.63) is 35.4 Å². The maximum absolute atomic E-state index is 12.7. The van der Waals surface area contributed by atoms with Crippen molar-refractivity contribution in [2.45, 2.75) is 64.5 Å². The van der Waals surface area contributed by atoms with E-state index in [1.165, 1.54) is 5.56 Å². The highest BCUT2D eigenvalue weighted by molar-refractivity contribution is 5.87. The van der Waals surface area contributed by atoms with Gasteiger partial charge in [-0.15, -0.1) is 12.4 Å². The summed E-state index contributed by atoms with van der Waals surface area (Å²) < 4.78 is 0. The molecule has 1 heterocycles. The summed E-state index contributed by atoms with van der Waals surface area (Å²) in [6.45, 7) is 9.35. The summed E-state index contributed by atoms with van der Waals surface area (Å²) in [7, 11) is 0. The number of aryl methyl sites for hydroxylation is 1. The van der Waals surface area contributed by atoms with E-state index in [1.54, 1.807) is 0 Å². The summed E-state index contributed by atoms with van der Waals surface area (Å²) in [6, 6.07) is 8.99. The standard InChI is InChI=1S/C18H28N2O.ClH/c1-5-14-8-10-15(11-9-14)18(3,4)17(21)20-16-7-6-12-19-13(16)2;/h8-11,13,16,19H,5-7,12H2,1-4H3,(H,20,21);1H. The lowest BCUT2D eigenvalue weighted by Gasteiger charge is -2.34. The number of benzene rings is 1. The van der Waals surface area contributed by atoms with Crippen molar-refractivity contribution in [2.24, 2.45) is 0 Å². The molecule has 2 atom stereocenters. The molecule has 0 radical (unpaired) electrons. The van der Waals surface area contributed by atoms with Crippen molar-refractivity contribution in [3.8, 4) is 0 Å². The normalized spacial score (nSPS) is 21.8. The molecule has 4 heteroatoms. The first-order chi connectivity index (χ1) is 9.95. The lowest BCUT2D eigenvalue weighted by molar-refractivity contribution is -0.126. The molecular weight excluding hydrogens is 296 g/mol. The van der Waals surface area contributed by atoms with Crippen LogP contribution in [0.15, 0.2) is 24.3 Å². The van der Waals surface area contributed by atoms with Gasteiger partial charge in [-0.25, -0.2) is 0 Å². The van der Waals surface area contributed by atoms with Gasteiger partial charge < -0.3 is 10.6 Å². The van der Waals surface area contributed by atoms with E-state index in [0.717, 1.165) is 31.4 Å². The zero-order chi connectivity index (χ0) is 15.5. The van der Waals surface area contributed by atoms with Crippen LogP contribution < -0.4 is 10.6 Å². The van der Waals surface area contributed by atoms with Crippen LogP contribution in [0.5, 0.6) is 0 Å². The maximum Gasteiger partial charge on any atom is 0.230 e. The number of nitrogens with one attached hydrogen (secondary N) is 2. The fourth-order valence-corrected chi connectivity index (χ4v) is 2.88. The monoisotopic (exact) mass is 324 g/mol. The molecule has 0 aliphatic carbocycles. The molecule has 1 saturated heterocycles. The zero-order valence-electron chi connectivity index (χ0n) is 14.1. The maximum atomic E-state index is 12.7. The van der Waals surface area contributed by atoms with Crippen LogP contribution in [0.25, 0.3) is 0 Å². The number of hydrogen-bond acceptors (Lipinski definition) is 2. The predicted molar refractivity (Wildman–Crippen MR) is 94.7 cm³/mol. The Bertz CT molecular complexity index is 484. The summed E-state index contributed by atoms with van der Waals surface area (Å²) in [5.41, 5.74) is 1.89. The Morgan fingerprint density at radius 2 is 1.95 bits per heavy atom. The highest BCUT2D eigenvalue weighted by atomic mass is 35.5. The Morgan fingerprint density at radius 1 is 1.32 bits per heavy atom. The molecule has 1 aliphatic heterocycles. The van der Waals surface area contributed by atoms with Crippen LogP contribution in [0, 0.1) is 0 Å². The van der Waals surface area contributed by atoms with Crippen LogP contribution in [0.4, 0.5) is 0 Å². The largest absolute Gasteiger partial charge is 0.351 e. The van der Waals surface area contributed by atoms with Gasteiger partial charge in [0.1, 0.15) is 0 Å². The number of rotatable bonds is 4. The van der Waals surface area contributed by atoms with Gasteiger partial charge in [0.15, 0.2) is 0 Å². The third-order valence-corrected chi connectivity index (χ3v) is 4.73. The first kappa shape index (κ1) is 19.0. The molecule has 1 fully saturated rings. The van der Waals surface area contributed by atoms with Crippen molar-refractivity contribution in [2.75, 3.05) is 6.54 Å². The second-order valence-corrected chi connectivity index (χ2v) is 6.64. The molecule has 0 aromatic heterocycles. The summed E-state index contributed by atoms with van der Waals surface area (Å²) in [4.78, 5) is 12.7. The van der Waals surface area contributed by atoms with Crippen LogP contribution in [0.3, 0.4) is 0 Å². The number of piperidine rings is 1. The molecule has 124 valence electrons. The van der Waals surface area contributed by atoms with Gasteiger partial charge in [-0.2, -0.15) is 0 Å². The number of hydrogen-bond donors (Lipinski definition) is 2. The molecule has 0 bridgehead atoms. The highest BCUT2D eigenvalue weighted by Crippen LogP contribution is 2.25. The van der Waals surface area contributed by atoms with E-state index in [9.17, 15) is 4.79 Å². The molecule has 22 heavy (non-hydrogen) atoms. The molecule has 1 amide bonds. The summed E-state index contributed by atoms with van der Waals surface area (Å²) in [5, 5.41) is 6.66. The molecular formula is C18H29ClN2O. The Balaban J connectivity index is 0.00000242. The van der Waals surface area contributed by atoms with Gasteiger partial charge in [0.25, 0.3) is 0 Å². The minimum atomic E-state index is -0.497. The van der Waals surface area contributed by atoms with Crippen molar-refractivity contribution in [1.82, 2.24) is 10.6 Å². The summed E-state index contributed by atoms with van der Waals surface area (Å²) >= 11 is 0. The lowest BCUT2D eigenvalue weighted by atomic mass is 9.82. The zero-order valence-corrected chi connectivity index (χ0v) is 14.9. The lowest BCUT2D eigenvalue weighted by Crippen LogP contribution is -2.55. The van der Waals surface area contributed by atoms with E-state index in [-0.39, 0.29) is 24.4 Å². The quantitative estimate of drug-likeness (QED) is 0.893. The van der Waals surface area contributed by atoms with E-state index >= 15 is 0 Å². The summed E-state index contributed by atoms with van der Waals surface area (Å²) in [6.07, 6.45) is 3.21. The Hall–Kier alpha value is -1.06. The smallest absolute Gasteiger partial charge is 0.230 e. The van der Waals surface area contributed by atoms with E-state index in [2.05, 4.69) is 48.7 Å². The van der Waals surface area contributed by atoms with Crippen molar-refractivity contribution in [3.63, 3.8) is 0 Å². The molecule has 1 aliphatic rings. The number of carbonyl (C=O) groups is 1. The Labute approximate surface area is 140 Å². The molecule has 0 saturated carbocycles. The second-order valence-electron chi connectivity index (χ2n) is 6.64. The topological polar surface area (TPSA) is 41.1 Å². The second kappa shape index (κ2) is 7.98. The van der Waals surface area contributed by atoms with Gasteiger partial charge in [0, 0.05) is 12.1 Å². The highest BCUT2D eigenvalue weighted by Gasteiger charge is 2.33. The third-order valence-electron chi connectivity index (χ3n) is 4.73. The first-order valence-corrected chi connectivity index (χ1v) is 8.09. The van der Waals surface area contributed by atoms with E-state index in [4.69, 9.17) is 0 Å². The van der Waals surface area contributed by atoms with E-state index in [0.29, 0.717) is 6.04 Å². The average molecular weight is 325 g/mol. The predicted octanol–water partition coefficient (Wildman–Crippen LogP) is 3.21. The molecule has 2 N–H and O–H groups in total. The van der Waals surface area contributed by atoms with Gasteiger partial charge in [0.2, 0.25) is 5.91 Å². The number of amides is 1. The minimum absolute atomic E-state index is 0. The van der Waals surface area contributed by atoms with E-state index < -0.39 is 5.41 Å². The average Bonchev–Trinajstić information content (AvgIpc) is 2.49. The molecule has 2 rings (SSSR count). The van der Waals surface area contributed by atoms with Crippen molar-refractivity contribution >= 4 is 18.3 Å². The molecule has 0 spiro atoms.